The van der Waals surface area contributed by atoms with Crippen LogP contribution in [0, 0.1) is 6.92 Å². The van der Waals surface area contributed by atoms with Gasteiger partial charge < -0.3 is 20.1 Å². The minimum Gasteiger partial charge on any atom is -0.490 e. The van der Waals surface area contributed by atoms with E-state index in [9.17, 15) is 18.0 Å². The van der Waals surface area contributed by atoms with E-state index in [4.69, 9.17) is 61.6 Å². The zero-order chi connectivity index (χ0) is 28.7. The summed E-state index contributed by atoms with van der Waals surface area (Å²) in [5.41, 5.74) is 7.46. The van der Waals surface area contributed by atoms with Crippen molar-refractivity contribution in [3.8, 4) is 11.5 Å². The van der Waals surface area contributed by atoms with Crippen molar-refractivity contribution >= 4 is 52.3 Å². The summed E-state index contributed by atoms with van der Waals surface area (Å²) in [6.45, 7) is 0.125. The van der Waals surface area contributed by atoms with Gasteiger partial charge in [0.25, 0.3) is 0 Å². The van der Waals surface area contributed by atoms with E-state index in [0.29, 0.717) is 32.0 Å². The summed E-state index contributed by atoms with van der Waals surface area (Å²) >= 11 is 24.5. The van der Waals surface area contributed by atoms with Gasteiger partial charge in [-0.1, -0.05) is 70.7 Å². The Labute approximate surface area is 244 Å². The average molecular weight is 624 g/mol. The first-order valence-corrected chi connectivity index (χ1v) is 13.2. The average Bonchev–Trinajstić information content (AvgIpc) is 2.85. The van der Waals surface area contributed by atoms with Gasteiger partial charge in [0, 0.05) is 13.1 Å². The summed E-state index contributed by atoms with van der Waals surface area (Å²) in [4.78, 5) is 13.9. The van der Waals surface area contributed by atoms with E-state index >= 15 is 0 Å². The van der Waals surface area contributed by atoms with Gasteiger partial charge in [-0.05, 0) is 53.9 Å². The third-order valence-corrected chi connectivity index (χ3v) is 7.05. The SMILES string of the molecule is Cc1cc(Cl)c(OCCOc2ccc(C(CN)C(=O)N(Cc3cccc(Cl)c3Cl)CC(F)(F)F)cc2)c(Cl)c1. The van der Waals surface area contributed by atoms with Gasteiger partial charge >= 0.3 is 6.18 Å². The Morgan fingerprint density at radius 1 is 0.949 bits per heavy atom. The number of carbonyl (C=O) groups is 1. The van der Waals surface area contributed by atoms with Gasteiger partial charge in [-0.3, -0.25) is 4.79 Å². The summed E-state index contributed by atoms with van der Waals surface area (Å²) in [5.74, 6) is -0.993. The molecule has 0 aliphatic heterocycles. The first kappa shape index (κ1) is 31.2. The van der Waals surface area contributed by atoms with Crippen LogP contribution in [-0.2, 0) is 11.3 Å². The van der Waals surface area contributed by atoms with Crippen LogP contribution in [-0.4, -0.2) is 43.3 Å². The largest absolute Gasteiger partial charge is 0.490 e. The molecule has 1 atom stereocenters. The minimum absolute atomic E-state index is 0.0841. The zero-order valence-electron chi connectivity index (χ0n) is 20.7. The van der Waals surface area contributed by atoms with Crippen LogP contribution in [0.15, 0.2) is 54.6 Å². The fraction of sp³-hybridized carbons (Fsp3) is 0.296. The van der Waals surface area contributed by atoms with Gasteiger partial charge in [-0.15, -0.1) is 0 Å². The van der Waals surface area contributed by atoms with Crippen LogP contribution in [0.3, 0.4) is 0 Å². The molecule has 3 aromatic carbocycles. The quantitative estimate of drug-likeness (QED) is 0.222. The summed E-state index contributed by atoms with van der Waals surface area (Å²) in [6.07, 6.45) is -4.63. The van der Waals surface area contributed by atoms with Crippen molar-refractivity contribution in [1.82, 2.24) is 4.90 Å². The van der Waals surface area contributed by atoms with E-state index in [1.54, 1.807) is 42.5 Å². The number of carbonyl (C=O) groups excluding carboxylic acids is 1. The molecule has 12 heteroatoms. The van der Waals surface area contributed by atoms with Crippen molar-refractivity contribution in [1.29, 1.82) is 0 Å². The van der Waals surface area contributed by atoms with Crippen LogP contribution < -0.4 is 15.2 Å². The highest BCUT2D eigenvalue weighted by molar-refractivity contribution is 6.42. The summed E-state index contributed by atoms with van der Waals surface area (Å²) in [7, 11) is 0. The van der Waals surface area contributed by atoms with Gasteiger partial charge in [-0.2, -0.15) is 13.2 Å². The second-order valence-corrected chi connectivity index (χ2v) is 10.2. The smallest absolute Gasteiger partial charge is 0.406 e. The molecule has 0 saturated carbocycles. The number of alkyl halides is 3. The minimum atomic E-state index is -4.63. The third kappa shape index (κ3) is 8.82. The predicted octanol–water partition coefficient (Wildman–Crippen LogP) is 7.70. The van der Waals surface area contributed by atoms with Gasteiger partial charge in [0.1, 0.15) is 25.5 Å². The second-order valence-electron chi connectivity index (χ2n) is 8.63. The number of hydrogen-bond acceptors (Lipinski definition) is 4. The lowest BCUT2D eigenvalue weighted by Gasteiger charge is -2.28. The predicted molar refractivity (Wildman–Crippen MR) is 148 cm³/mol. The van der Waals surface area contributed by atoms with E-state index < -0.39 is 24.5 Å². The molecular weight excluding hydrogens is 599 g/mol. The summed E-state index contributed by atoms with van der Waals surface area (Å²) in [5, 5.41) is 1.04. The highest BCUT2D eigenvalue weighted by Gasteiger charge is 2.36. The molecule has 210 valence electrons. The number of ether oxygens (including phenoxy) is 2. The number of aryl methyl sites for hydroxylation is 1. The lowest BCUT2D eigenvalue weighted by molar-refractivity contribution is -0.163. The maximum atomic E-state index is 13.4. The fourth-order valence-electron chi connectivity index (χ4n) is 3.83. The molecule has 0 saturated heterocycles. The highest BCUT2D eigenvalue weighted by Crippen LogP contribution is 2.34. The molecule has 39 heavy (non-hydrogen) atoms. The summed E-state index contributed by atoms with van der Waals surface area (Å²) in [6, 6.07) is 14.4. The molecule has 2 N–H and O–H groups in total. The first-order chi connectivity index (χ1) is 18.4. The van der Waals surface area contributed by atoms with Crippen molar-refractivity contribution in [2.45, 2.75) is 25.6 Å². The molecule has 0 fully saturated rings. The number of halogens is 7. The standard InChI is InChI=1S/C27H25Cl4F3N2O3/c1-16-11-22(29)25(23(30)12-16)39-10-9-38-19-7-5-17(6-8-19)20(13-35)26(37)36(15-27(32,33)34)14-18-3-2-4-21(28)24(18)31/h2-8,11-12,20H,9-10,13-15,35H2,1H3. The van der Waals surface area contributed by atoms with E-state index in [2.05, 4.69) is 0 Å². The van der Waals surface area contributed by atoms with Crippen molar-refractivity contribution < 1.29 is 27.4 Å². The Morgan fingerprint density at radius 2 is 1.56 bits per heavy atom. The third-order valence-electron chi connectivity index (χ3n) is 5.63. The van der Waals surface area contributed by atoms with E-state index in [-0.39, 0.29) is 41.9 Å². The Morgan fingerprint density at radius 3 is 2.15 bits per heavy atom. The van der Waals surface area contributed by atoms with Crippen molar-refractivity contribution in [3.05, 3.63) is 91.4 Å². The fourth-order valence-corrected chi connectivity index (χ4v) is 4.91. The Hall–Kier alpha value is -2.36. The summed E-state index contributed by atoms with van der Waals surface area (Å²) < 4.78 is 51.4. The molecule has 0 radical (unpaired) electrons. The van der Waals surface area contributed by atoms with Gasteiger partial charge in [0.2, 0.25) is 5.91 Å². The molecule has 3 aromatic rings. The molecule has 0 aromatic heterocycles. The molecule has 0 heterocycles. The number of amides is 1. The maximum Gasteiger partial charge on any atom is 0.406 e. The molecule has 5 nitrogen and oxygen atoms in total. The van der Waals surface area contributed by atoms with Gasteiger partial charge in [0.05, 0.1) is 26.0 Å². The number of benzene rings is 3. The Balaban J connectivity index is 1.67. The number of rotatable bonds is 11. The molecule has 3 rings (SSSR count). The number of hydrogen-bond donors (Lipinski definition) is 1. The monoisotopic (exact) mass is 622 g/mol. The number of nitrogens with zero attached hydrogens (tertiary/aromatic N) is 1. The molecule has 0 spiro atoms. The van der Waals surface area contributed by atoms with Crippen molar-refractivity contribution in [2.75, 3.05) is 26.3 Å². The van der Waals surface area contributed by atoms with E-state index in [1.807, 2.05) is 6.92 Å². The number of nitrogens with two attached hydrogens (primary N) is 1. The lowest BCUT2D eigenvalue weighted by atomic mass is 9.97. The molecule has 1 amide bonds. The topological polar surface area (TPSA) is 64.8 Å². The van der Waals surface area contributed by atoms with E-state index in [1.165, 1.54) is 12.1 Å². The van der Waals surface area contributed by atoms with Crippen LogP contribution in [0.25, 0.3) is 0 Å². The Kier molecular flexibility index (Phi) is 11.0. The molecule has 0 aliphatic rings. The second kappa shape index (κ2) is 13.8. The van der Waals surface area contributed by atoms with Crippen LogP contribution in [0.2, 0.25) is 20.1 Å². The van der Waals surface area contributed by atoms with Crippen molar-refractivity contribution in [2.24, 2.45) is 5.73 Å². The first-order valence-electron chi connectivity index (χ1n) is 11.7. The van der Waals surface area contributed by atoms with Crippen molar-refractivity contribution in [3.63, 3.8) is 0 Å². The van der Waals surface area contributed by atoms with Crippen LogP contribution in [0.4, 0.5) is 13.2 Å². The lowest BCUT2D eigenvalue weighted by Crippen LogP contribution is -2.42. The van der Waals surface area contributed by atoms with Crippen LogP contribution >= 0.6 is 46.4 Å². The van der Waals surface area contributed by atoms with Crippen LogP contribution in [0.1, 0.15) is 22.6 Å². The maximum absolute atomic E-state index is 13.4. The molecule has 0 aliphatic carbocycles. The zero-order valence-corrected chi connectivity index (χ0v) is 23.7. The highest BCUT2D eigenvalue weighted by atomic mass is 35.5. The molecule has 1 unspecified atom stereocenters. The van der Waals surface area contributed by atoms with E-state index in [0.717, 1.165) is 5.56 Å². The van der Waals surface area contributed by atoms with Crippen LogP contribution in [0.5, 0.6) is 11.5 Å². The normalized spacial score (nSPS) is 12.2. The Bertz CT molecular complexity index is 1270. The molecule has 0 bridgehead atoms. The van der Waals surface area contributed by atoms with Gasteiger partial charge in [0.15, 0.2) is 5.75 Å². The molecular formula is C27H25Cl4F3N2O3. The van der Waals surface area contributed by atoms with Gasteiger partial charge in [-0.25, -0.2) is 0 Å².